The predicted molar refractivity (Wildman–Crippen MR) is 54.0 cm³/mol. The van der Waals surface area contributed by atoms with Gasteiger partial charge in [-0.15, -0.1) is 0 Å². The molecule has 0 spiro atoms. The van der Waals surface area contributed by atoms with Crippen LogP contribution in [0.5, 0.6) is 0 Å². The fourth-order valence-electron chi connectivity index (χ4n) is 1.48. The minimum absolute atomic E-state index is 0.451. The zero-order valence-electron chi connectivity index (χ0n) is 8.94. The summed E-state index contributed by atoms with van der Waals surface area (Å²) in [5.74, 6) is 0. The first kappa shape index (κ1) is 11.2. The first-order valence-electron chi connectivity index (χ1n) is 4.90. The molecule has 0 saturated heterocycles. The van der Waals surface area contributed by atoms with Gasteiger partial charge in [-0.05, 0) is 19.4 Å². The molecule has 0 aliphatic carbocycles. The second kappa shape index (κ2) is 4.57. The molecule has 0 aliphatic heterocycles. The van der Waals surface area contributed by atoms with Crippen LogP contribution in [-0.4, -0.2) is 32.2 Å². The average Bonchev–Trinajstić information content (AvgIpc) is 2.44. The highest BCUT2D eigenvalue weighted by Crippen LogP contribution is 2.09. The topological polar surface area (TPSA) is 58.3 Å². The molecule has 4 heteroatoms. The Hall–Kier alpha value is -0.870. The van der Waals surface area contributed by atoms with Crippen LogP contribution in [0.4, 0.5) is 0 Å². The van der Waals surface area contributed by atoms with E-state index in [1.54, 1.807) is 4.68 Å². The van der Waals surface area contributed by atoms with Crippen LogP contribution >= 0.6 is 0 Å². The van der Waals surface area contributed by atoms with Crippen LogP contribution in [0, 0.1) is 6.92 Å². The SMILES string of the molecule is CCC(O)C(O)Cc1cc(C)nn1C. The number of hydrogen-bond acceptors (Lipinski definition) is 3. The van der Waals surface area contributed by atoms with Crippen molar-refractivity contribution >= 4 is 0 Å². The molecule has 1 heterocycles. The fraction of sp³-hybridized carbons (Fsp3) is 0.700. The number of rotatable bonds is 4. The summed E-state index contributed by atoms with van der Waals surface area (Å²) in [7, 11) is 1.84. The van der Waals surface area contributed by atoms with E-state index in [9.17, 15) is 10.2 Å². The number of aryl methyl sites for hydroxylation is 2. The van der Waals surface area contributed by atoms with Gasteiger partial charge >= 0.3 is 0 Å². The molecule has 80 valence electrons. The van der Waals surface area contributed by atoms with Gasteiger partial charge in [0, 0.05) is 19.2 Å². The van der Waals surface area contributed by atoms with Gasteiger partial charge in [-0.1, -0.05) is 6.92 Å². The Morgan fingerprint density at radius 2 is 2.07 bits per heavy atom. The van der Waals surface area contributed by atoms with Crippen LogP contribution in [0.25, 0.3) is 0 Å². The minimum Gasteiger partial charge on any atom is -0.390 e. The van der Waals surface area contributed by atoms with Gasteiger partial charge < -0.3 is 10.2 Å². The summed E-state index contributed by atoms with van der Waals surface area (Å²) in [4.78, 5) is 0. The second-order valence-corrected chi connectivity index (χ2v) is 3.65. The zero-order chi connectivity index (χ0) is 10.7. The van der Waals surface area contributed by atoms with E-state index in [0.29, 0.717) is 12.8 Å². The fourth-order valence-corrected chi connectivity index (χ4v) is 1.48. The van der Waals surface area contributed by atoms with Gasteiger partial charge in [0.2, 0.25) is 0 Å². The Balaban J connectivity index is 2.64. The highest BCUT2D eigenvalue weighted by atomic mass is 16.3. The van der Waals surface area contributed by atoms with Gasteiger partial charge in [-0.3, -0.25) is 4.68 Å². The molecular weight excluding hydrogens is 180 g/mol. The Morgan fingerprint density at radius 3 is 2.50 bits per heavy atom. The molecule has 1 rings (SSSR count). The normalized spacial score (nSPS) is 15.5. The van der Waals surface area contributed by atoms with E-state index in [-0.39, 0.29) is 0 Å². The summed E-state index contributed by atoms with van der Waals surface area (Å²) in [6.45, 7) is 3.76. The van der Waals surface area contributed by atoms with Gasteiger partial charge in [0.15, 0.2) is 0 Å². The molecule has 0 radical (unpaired) electrons. The number of aromatic nitrogens is 2. The average molecular weight is 198 g/mol. The molecule has 1 aromatic rings. The Kier molecular flexibility index (Phi) is 3.66. The molecule has 14 heavy (non-hydrogen) atoms. The van der Waals surface area contributed by atoms with E-state index >= 15 is 0 Å². The van der Waals surface area contributed by atoms with Crippen LogP contribution < -0.4 is 0 Å². The van der Waals surface area contributed by atoms with E-state index in [0.717, 1.165) is 11.4 Å². The van der Waals surface area contributed by atoms with Crippen molar-refractivity contribution in [3.05, 3.63) is 17.5 Å². The van der Waals surface area contributed by atoms with Crippen LogP contribution in [0.3, 0.4) is 0 Å². The lowest BCUT2D eigenvalue weighted by Crippen LogP contribution is -2.27. The molecule has 0 amide bonds. The lowest BCUT2D eigenvalue weighted by molar-refractivity contribution is 0.0171. The third-order valence-corrected chi connectivity index (χ3v) is 2.38. The Morgan fingerprint density at radius 1 is 1.43 bits per heavy atom. The molecule has 0 saturated carbocycles. The summed E-state index contributed by atoms with van der Waals surface area (Å²) in [6.07, 6.45) is -0.329. The lowest BCUT2D eigenvalue weighted by atomic mass is 10.1. The quantitative estimate of drug-likeness (QED) is 0.736. The van der Waals surface area contributed by atoms with E-state index in [2.05, 4.69) is 5.10 Å². The zero-order valence-corrected chi connectivity index (χ0v) is 8.94. The van der Waals surface area contributed by atoms with E-state index in [1.807, 2.05) is 27.0 Å². The van der Waals surface area contributed by atoms with Crippen LogP contribution in [0.15, 0.2) is 6.07 Å². The van der Waals surface area contributed by atoms with E-state index < -0.39 is 12.2 Å². The van der Waals surface area contributed by atoms with Crippen LogP contribution in [0.1, 0.15) is 24.7 Å². The van der Waals surface area contributed by atoms with Crippen LogP contribution in [0.2, 0.25) is 0 Å². The molecule has 1 aromatic heterocycles. The molecule has 0 aliphatic rings. The maximum Gasteiger partial charge on any atom is 0.0854 e. The second-order valence-electron chi connectivity index (χ2n) is 3.65. The van der Waals surface area contributed by atoms with Crippen molar-refractivity contribution in [1.29, 1.82) is 0 Å². The minimum atomic E-state index is -0.699. The molecule has 0 bridgehead atoms. The molecule has 2 unspecified atom stereocenters. The van der Waals surface area contributed by atoms with Crippen molar-refractivity contribution in [2.24, 2.45) is 7.05 Å². The van der Waals surface area contributed by atoms with Crippen molar-refractivity contribution in [2.45, 2.75) is 38.9 Å². The maximum absolute atomic E-state index is 9.61. The molecule has 0 aromatic carbocycles. The molecule has 2 atom stereocenters. The third-order valence-electron chi connectivity index (χ3n) is 2.38. The third kappa shape index (κ3) is 2.56. The predicted octanol–water partition coefficient (Wildman–Crippen LogP) is 0.403. The smallest absolute Gasteiger partial charge is 0.0854 e. The van der Waals surface area contributed by atoms with E-state index in [1.165, 1.54) is 0 Å². The number of nitrogens with zero attached hydrogens (tertiary/aromatic N) is 2. The number of aliphatic hydroxyl groups is 2. The van der Waals surface area contributed by atoms with Gasteiger partial charge in [-0.2, -0.15) is 5.10 Å². The summed E-state index contributed by atoms with van der Waals surface area (Å²) >= 11 is 0. The summed E-state index contributed by atoms with van der Waals surface area (Å²) in [5.41, 5.74) is 1.88. The van der Waals surface area contributed by atoms with Gasteiger partial charge in [-0.25, -0.2) is 0 Å². The summed E-state index contributed by atoms with van der Waals surface area (Å²) in [5, 5.41) is 23.2. The molecular formula is C10H18N2O2. The monoisotopic (exact) mass is 198 g/mol. The first-order valence-corrected chi connectivity index (χ1v) is 4.90. The summed E-state index contributed by atoms with van der Waals surface area (Å²) in [6, 6.07) is 1.92. The van der Waals surface area contributed by atoms with Crippen molar-refractivity contribution in [3.63, 3.8) is 0 Å². The maximum atomic E-state index is 9.61. The lowest BCUT2D eigenvalue weighted by Gasteiger charge is -2.15. The largest absolute Gasteiger partial charge is 0.390 e. The molecule has 4 nitrogen and oxygen atoms in total. The van der Waals surface area contributed by atoms with Gasteiger partial charge in [0.05, 0.1) is 17.9 Å². The molecule has 2 N–H and O–H groups in total. The first-order chi connectivity index (χ1) is 6.54. The van der Waals surface area contributed by atoms with E-state index in [4.69, 9.17) is 0 Å². The number of aliphatic hydroxyl groups excluding tert-OH is 2. The number of hydrogen-bond donors (Lipinski definition) is 2. The van der Waals surface area contributed by atoms with Crippen molar-refractivity contribution in [3.8, 4) is 0 Å². The van der Waals surface area contributed by atoms with Gasteiger partial charge in [0.1, 0.15) is 0 Å². The van der Waals surface area contributed by atoms with Crippen LogP contribution in [-0.2, 0) is 13.5 Å². The van der Waals surface area contributed by atoms with Crippen molar-refractivity contribution in [1.82, 2.24) is 9.78 Å². The molecule has 0 fully saturated rings. The Labute approximate surface area is 84.2 Å². The standard InChI is InChI=1S/C10H18N2O2/c1-4-9(13)10(14)6-8-5-7(2)11-12(8)3/h5,9-10,13-14H,4,6H2,1-3H3. The highest BCUT2D eigenvalue weighted by molar-refractivity contribution is 5.09. The highest BCUT2D eigenvalue weighted by Gasteiger charge is 2.16. The van der Waals surface area contributed by atoms with Gasteiger partial charge in [0.25, 0.3) is 0 Å². The summed E-state index contributed by atoms with van der Waals surface area (Å²) < 4.78 is 1.74. The van der Waals surface area contributed by atoms with Crippen molar-refractivity contribution in [2.75, 3.05) is 0 Å². The Bertz CT molecular complexity index is 296. The van der Waals surface area contributed by atoms with Crippen molar-refractivity contribution < 1.29 is 10.2 Å².